The van der Waals surface area contributed by atoms with Crippen LogP contribution in [-0.4, -0.2) is 53.0 Å². The van der Waals surface area contributed by atoms with Gasteiger partial charge in [0.05, 0.1) is 6.04 Å². The number of carbonyl (C=O) groups excluding carboxylic acids is 1. The number of hydrogen-bond donors (Lipinski definition) is 1. The standard InChI is InChI=1S/C19H28N4O/c1-14(16-4-6-20-7-5-16)21-19(24)23-10-8-22(9-11-23)18-13-15-2-3-17(18)12-15/h4-7,14-15,17-18H,2-3,8-13H2,1H3,(H,21,24)/t14-,15+,17+,18+/m1/s1. The van der Waals surface area contributed by atoms with Crippen molar-refractivity contribution in [1.29, 1.82) is 0 Å². The molecule has 1 saturated heterocycles. The summed E-state index contributed by atoms with van der Waals surface area (Å²) in [7, 11) is 0. The van der Waals surface area contributed by atoms with Crippen molar-refractivity contribution in [1.82, 2.24) is 20.1 Å². The number of pyridine rings is 1. The molecular weight excluding hydrogens is 300 g/mol. The number of fused-ring (bicyclic) bond motifs is 2. The van der Waals surface area contributed by atoms with Gasteiger partial charge in [-0.05, 0) is 55.7 Å². The quantitative estimate of drug-likeness (QED) is 0.928. The number of nitrogens with one attached hydrogen (secondary N) is 1. The Morgan fingerprint density at radius 3 is 2.54 bits per heavy atom. The Balaban J connectivity index is 1.27. The number of urea groups is 1. The molecule has 2 bridgehead atoms. The summed E-state index contributed by atoms with van der Waals surface area (Å²) >= 11 is 0. The third-order valence-electron chi connectivity index (χ3n) is 6.32. The molecule has 3 aliphatic rings. The summed E-state index contributed by atoms with van der Waals surface area (Å²) in [6.45, 7) is 5.79. The topological polar surface area (TPSA) is 48.5 Å². The maximum atomic E-state index is 12.5. The maximum Gasteiger partial charge on any atom is 0.317 e. The van der Waals surface area contributed by atoms with Gasteiger partial charge in [-0.1, -0.05) is 6.42 Å². The van der Waals surface area contributed by atoms with Gasteiger partial charge in [0.15, 0.2) is 0 Å². The van der Waals surface area contributed by atoms with Crippen molar-refractivity contribution in [2.45, 2.75) is 44.7 Å². The predicted octanol–water partition coefficient (Wildman–Crippen LogP) is 2.66. The van der Waals surface area contributed by atoms with Crippen LogP contribution in [0.3, 0.4) is 0 Å². The van der Waals surface area contributed by atoms with Crippen LogP contribution in [0, 0.1) is 11.8 Å². The van der Waals surface area contributed by atoms with Crippen LogP contribution >= 0.6 is 0 Å². The van der Waals surface area contributed by atoms with Crippen molar-refractivity contribution < 1.29 is 4.79 Å². The monoisotopic (exact) mass is 328 g/mol. The van der Waals surface area contributed by atoms with E-state index in [0.717, 1.165) is 49.6 Å². The Labute approximate surface area is 144 Å². The van der Waals surface area contributed by atoms with Gasteiger partial charge in [0, 0.05) is 44.6 Å². The first-order valence-electron chi connectivity index (χ1n) is 9.40. The molecule has 1 aliphatic heterocycles. The van der Waals surface area contributed by atoms with Crippen molar-refractivity contribution in [2.24, 2.45) is 11.8 Å². The van der Waals surface area contributed by atoms with Gasteiger partial charge in [0.2, 0.25) is 0 Å². The molecule has 0 aromatic carbocycles. The van der Waals surface area contributed by atoms with Gasteiger partial charge < -0.3 is 10.2 Å². The third kappa shape index (κ3) is 3.14. The highest BCUT2D eigenvalue weighted by molar-refractivity contribution is 5.74. The zero-order chi connectivity index (χ0) is 16.5. The van der Waals surface area contributed by atoms with Crippen molar-refractivity contribution in [3.05, 3.63) is 30.1 Å². The first-order chi connectivity index (χ1) is 11.7. The second-order valence-corrected chi connectivity index (χ2v) is 7.72. The highest BCUT2D eigenvalue weighted by Gasteiger charge is 2.42. The van der Waals surface area contributed by atoms with Gasteiger partial charge in [-0.3, -0.25) is 9.88 Å². The average Bonchev–Trinajstić information content (AvgIpc) is 3.26. The van der Waals surface area contributed by atoms with Crippen LogP contribution in [0.1, 0.15) is 44.2 Å². The van der Waals surface area contributed by atoms with Crippen LogP contribution in [0.25, 0.3) is 0 Å². The highest BCUT2D eigenvalue weighted by Crippen LogP contribution is 2.46. The number of carbonyl (C=O) groups is 1. The first kappa shape index (κ1) is 15.9. The second kappa shape index (κ2) is 6.71. The van der Waals surface area contributed by atoms with Crippen LogP contribution in [0.4, 0.5) is 4.79 Å². The lowest BCUT2D eigenvalue weighted by molar-refractivity contribution is 0.0821. The molecule has 1 aromatic heterocycles. The van der Waals surface area contributed by atoms with E-state index in [1.807, 2.05) is 24.0 Å². The average molecular weight is 328 g/mol. The van der Waals surface area contributed by atoms with Crippen molar-refractivity contribution in [3.63, 3.8) is 0 Å². The summed E-state index contributed by atoms with van der Waals surface area (Å²) < 4.78 is 0. The zero-order valence-electron chi connectivity index (χ0n) is 14.5. The molecule has 130 valence electrons. The number of aromatic nitrogens is 1. The molecule has 5 heteroatoms. The van der Waals surface area contributed by atoms with Gasteiger partial charge in [-0.25, -0.2) is 4.79 Å². The lowest BCUT2D eigenvalue weighted by atomic mass is 9.93. The van der Waals surface area contributed by atoms with Crippen molar-refractivity contribution in [2.75, 3.05) is 26.2 Å². The molecule has 4 rings (SSSR count). The van der Waals surface area contributed by atoms with Crippen LogP contribution in [0.5, 0.6) is 0 Å². The molecule has 0 radical (unpaired) electrons. The van der Waals surface area contributed by atoms with Gasteiger partial charge >= 0.3 is 6.03 Å². The molecule has 0 spiro atoms. The smallest absolute Gasteiger partial charge is 0.317 e. The predicted molar refractivity (Wildman–Crippen MR) is 93.6 cm³/mol. The van der Waals surface area contributed by atoms with Crippen LogP contribution < -0.4 is 5.32 Å². The zero-order valence-corrected chi connectivity index (χ0v) is 14.5. The first-order valence-corrected chi connectivity index (χ1v) is 9.40. The fourth-order valence-electron chi connectivity index (χ4n) is 4.93. The SMILES string of the molecule is C[C@@H](NC(=O)N1CCN([C@H]2C[C@H]3CC[C@H]2C3)CC1)c1ccncc1. The minimum Gasteiger partial charge on any atom is -0.331 e. The largest absolute Gasteiger partial charge is 0.331 e. The van der Waals surface area contributed by atoms with Gasteiger partial charge in [-0.2, -0.15) is 0 Å². The summed E-state index contributed by atoms with van der Waals surface area (Å²) in [4.78, 5) is 21.2. The molecule has 5 nitrogen and oxygen atoms in total. The maximum absolute atomic E-state index is 12.5. The summed E-state index contributed by atoms with van der Waals surface area (Å²) in [6, 6.07) is 4.79. The molecule has 24 heavy (non-hydrogen) atoms. The lowest BCUT2D eigenvalue weighted by Gasteiger charge is -2.41. The molecule has 1 N–H and O–H groups in total. The number of piperazine rings is 1. The molecule has 2 saturated carbocycles. The number of rotatable bonds is 3. The number of hydrogen-bond acceptors (Lipinski definition) is 3. The fraction of sp³-hybridized carbons (Fsp3) is 0.684. The highest BCUT2D eigenvalue weighted by atomic mass is 16.2. The van der Waals surface area contributed by atoms with E-state index >= 15 is 0 Å². The molecule has 2 heterocycles. The summed E-state index contributed by atoms with van der Waals surface area (Å²) in [6.07, 6.45) is 9.28. The van der Waals surface area contributed by atoms with E-state index in [2.05, 4.69) is 15.2 Å². The van der Waals surface area contributed by atoms with Crippen molar-refractivity contribution in [3.8, 4) is 0 Å². The Morgan fingerprint density at radius 1 is 1.17 bits per heavy atom. The van der Waals surface area contributed by atoms with E-state index in [4.69, 9.17) is 0 Å². The van der Waals surface area contributed by atoms with E-state index in [9.17, 15) is 4.79 Å². The summed E-state index contributed by atoms with van der Waals surface area (Å²) in [5.41, 5.74) is 1.10. The molecular formula is C19H28N4O. The molecule has 2 aliphatic carbocycles. The molecule has 1 aromatic rings. The number of nitrogens with zero attached hydrogens (tertiary/aromatic N) is 3. The van der Waals surface area contributed by atoms with E-state index < -0.39 is 0 Å². The van der Waals surface area contributed by atoms with Gasteiger partial charge in [0.25, 0.3) is 0 Å². The molecule has 2 amide bonds. The normalized spacial score (nSPS) is 31.2. The van der Waals surface area contributed by atoms with Crippen LogP contribution in [-0.2, 0) is 0 Å². The Hall–Kier alpha value is -1.62. The van der Waals surface area contributed by atoms with Crippen LogP contribution in [0.2, 0.25) is 0 Å². The van der Waals surface area contributed by atoms with Crippen molar-refractivity contribution >= 4 is 6.03 Å². The minimum absolute atomic E-state index is 0.0177. The Morgan fingerprint density at radius 2 is 1.92 bits per heavy atom. The summed E-state index contributed by atoms with van der Waals surface area (Å²) in [5, 5.41) is 3.12. The minimum atomic E-state index is 0.0177. The van der Waals surface area contributed by atoms with Gasteiger partial charge in [0.1, 0.15) is 0 Å². The molecule has 3 fully saturated rings. The molecule has 0 unspecified atom stereocenters. The van der Waals surface area contributed by atoms with E-state index in [1.54, 1.807) is 12.4 Å². The number of amides is 2. The third-order valence-corrected chi connectivity index (χ3v) is 6.32. The van der Waals surface area contributed by atoms with Gasteiger partial charge in [-0.15, -0.1) is 0 Å². The lowest BCUT2D eigenvalue weighted by Crippen LogP contribution is -2.55. The van der Waals surface area contributed by atoms with Crippen LogP contribution in [0.15, 0.2) is 24.5 Å². The fourth-order valence-corrected chi connectivity index (χ4v) is 4.93. The van der Waals surface area contributed by atoms with E-state index in [0.29, 0.717) is 0 Å². The Bertz CT molecular complexity index is 570. The van der Waals surface area contributed by atoms with E-state index in [1.165, 1.54) is 25.7 Å². The second-order valence-electron chi connectivity index (χ2n) is 7.72. The molecule has 4 atom stereocenters. The summed E-state index contributed by atoms with van der Waals surface area (Å²) in [5.74, 6) is 1.92. The Kier molecular flexibility index (Phi) is 4.44. The van der Waals surface area contributed by atoms with E-state index in [-0.39, 0.29) is 12.1 Å².